The van der Waals surface area contributed by atoms with Crippen molar-refractivity contribution in [2.75, 3.05) is 0 Å². The average Bonchev–Trinajstić information content (AvgIpc) is 2.95. The SMILES string of the molecule is NCc1ccc2c(/C=C(/C(=O)O)c3ccccc3)c[nH]c2n1. The molecule has 0 saturated carbocycles. The fourth-order valence-corrected chi connectivity index (χ4v) is 2.34. The maximum atomic E-state index is 11.6. The van der Waals surface area contributed by atoms with Gasteiger partial charge in [-0.2, -0.15) is 0 Å². The number of carboxylic acid groups (broad SMARTS) is 1. The zero-order chi connectivity index (χ0) is 15.5. The number of nitrogens with one attached hydrogen (secondary N) is 1. The van der Waals surface area contributed by atoms with Crippen LogP contribution in [-0.2, 0) is 11.3 Å². The first-order chi connectivity index (χ1) is 10.7. The summed E-state index contributed by atoms with van der Waals surface area (Å²) < 4.78 is 0. The number of carbonyl (C=O) groups is 1. The first-order valence-electron chi connectivity index (χ1n) is 6.86. The number of benzene rings is 1. The summed E-state index contributed by atoms with van der Waals surface area (Å²) in [5.41, 5.74) is 8.75. The van der Waals surface area contributed by atoms with E-state index in [2.05, 4.69) is 9.97 Å². The molecule has 0 atom stereocenters. The van der Waals surface area contributed by atoms with Gasteiger partial charge in [-0.1, -0.05) is 30.3 Å². The van der Waals surface area contributed by atoms with Crippen molar-refractivity contribution in [2.45, 2.75) is 6.54 Å². The minimum absolute atomic E-state index is 0.240. The Balaban J connectivity index is 2.11. The zero-order valence-electron chi connectivity index (χ0n) is 11.8. The summed E-state index contributed by atoms with van der Waals surface area (Å²) in [6.45, 7) is 0.366. The van der Waals surface area contributed by atoms with Gasteiger partial charge in [0.05, 0.1) is 11.3 Å². The lowest BCUT2D eigenvalue weighted by Crippen LogP contribution is -1.99. The van der Waals surface area contributed by atoms with Crippen LogP contribution in [0.3, 0.4) is 0 Å². The number of rotatable bonds is 4. The molecule has 0 unspecified atom stereocenters. The molecule has 5 heteroatoms. The topological polar surface area (TPSA) is 92.0 Å². The van der Waals surface area contributed by atoms with Crippen molar-refractivity contribution >= 4 is 28.7 Å². The van der Waals surface area contributed by atoms with Crippen molar-refractivity contribution in [3.05, 3.63) is 65.5 Å². The van der Waals surface area contributed by atoms with Crippen LogP contribution in [0.15, 0.2) is 48.7 Å². The summed E-state index contributed by atoms with van der Waals surface area (Å²) in [6.07, 6.45) is 3.41. The zero-order valence-corrected chi connectivity index (χ0v) is 11.8. The van der Waals surface area contributed by atoms with E-state index in [1.54, 1.807) is 24.4 Å². The molecule has 3 aromatic rings. The molecule has 4 N–H and O–H groups in total. The number of pyridine rings is 1. The van der Waals surface area contributed by atoms with Crippen molar-refractivity contribution in [3.63, 3.8) is 0 Å². The normalized spacial score (nSPS) is 11.8. The highest BCUT2D eigenvalue weighted by molar-refractivity contribution is 6.21. The minimum atomic E-state index is -0.966. The highest BCUT2D eigenvalue weighted by atomic mass is 16.4. The van der Waals surface area contributed by atoms with Gasteiger partial charge < -0.3 is 15.8 Å². The van der Waals surface area contributed by atoms with Crippen LogP contribution in [0.5, 0.6) is 0 Å². The molecule has 110 valence electrons. The molecule has 0 bridgehead atoms. The Kier molecular flexibility index (Phi) is 3.72. The van der Waals surface area contributed by atoms with E-state index in [4.69, 9.17) is 5.73 Å². The van der Waals surface area contributed by atoms with Crippen molar-refractivity contribution < 1.29 is 9.90 Å². The van der Waals surface area contributed by atoms with E-state index in [0.717, 1.165) is 16.6 Å². The molecule has 2 aromatic heterocycles. The van der Waals surface area contributed by atoms with Crippen LogP contribution < -0.4 is 5.73 Å². The molecule has 0 saturated heterocycles. The first kappa shape index (κ1) is 14.0. The molecule has 0 aliphatic heterocycles. The molecule has 1 aromatic carbocycles. The molecule has 5 nitrogen and oxygen atoms in total. The van der Waals surface area contributed by atoms with E-state index in [1.807, 2.05) is 30.3 Å². The Morgan fingerprint density at radius 1 is 1.23 bits per heavy atom. The van der Waals surface area contributed by atoms with Crippen LogP contribution in [0, 0.1) is 0 Å². The molecule has 3 rings (SSSR count). The van der Waals surface area contributed by atoms with Crippen molar-refractivity contribution in [3.8, 4) is 0 Å². The number of aromatic amines is 1. The van der Waals surface area contributed by atoms with Crippen LogP contribution in [0.2, 0.25) is 0 Å². The van der Waals surface area contributed by atoms with Crippen LogP contribution in [0.25, 0.3) is 22.7 Å². The van der Waals surface area contributed by atoms with Gasteiger partial charge in [-0.05, 0) is 23.8 Å². The van der Waals surface area contributed by atoms with Gasteiger partial charge in [-0.25, -0.2) is 9.78 Å². The molecule has 0 aliphatic carbocycles. The van der Waals surface area contributed by atoms with Gasteiger partial charge >= 0.3 is 5.97 Å². The number of nitrogens with zero attached hydrogens (tertiary/aromatic N) is 1. The second-order valence-electron chi connectivity index (χ2n) is 4.88. The van der Waals surface area contributed by atoms with Gasteiger partial charge in [0.25, 0.3) is 0 Å². The number of hydrogen-bond acceptors (Lipinski definition) is 3. The Morgan fingerprint density at radius 2 is 2.00 bits per heavy atom. The molecular formula is C17H15N3O2. The van der Waals surface area contributed by atoms with E-state index in [-0.39, 0.29) is 5.57 Å². The van der Waals surface area contributed by atoms with Crippen molar-refractivity contribution in [1.29, 1.82) is 0 Å². The number of H-pyrrole nitrogens is 1. The van der Waals surface area contributed by atoms with Gasteiger partial charge in [0.15, 0.2) is 0 Å². The monoisotopic (exact) mass is 293 g/mol. The van der Waals surface area contributed by atoms with Crippen LogP contribution in [0.1, 0.15) is 16.8 Å². The second-order valence-corrected chi connectivity index (χ2v) is 4.88. The summed E-state index contributed by atoms with van der Waals surface area (Å²) >= 11 is 0. The van der Waals surface area contributed by atoms with Crippen molar-refractivity contribution in [2.24, 2.45) is 5.73 Å². The van der Waals surface area contributed by atoms with E-state index in [0.29, 0.717) is 17.8 Å². The van der Waals surface area contributed by atoms with Gasteiger partial charge in [-0.15, -0.1) is 0 Å². The third-order valence-corrected chi connectivity index (χ3v) is 3.45. The third kappa shape index (κ3) is 2.62. The lowest BCUT2D eigenvalue weighted by Gasteiger charge is -2.02. The summed E-state index contributed by atoms with van der Waals surface area (Å²) in [7, 11) is 0. The van der Waals surface area contributed by atoms with Gasteiger partial charge in [0.2, 0.25) is 0 Å². The molecule has 22 heavy (non-hydrogen) atoms. The predicted molar refractivity (Wildman–Crippen MR) is 85.9 cm³/mol. The highest BCUT2D eigenvalue weighted by Crippen LogP contribution is 2.24. The lowest BCUT2D eigenvalue weighted by molar-refractivity contribution is -0.130. The number of nitrogens with two attached hydrogens (primary N) is 1. The fraction of sp³-hybridized carbons (Fsp3) is 0.0588. The number of aliphatic carboxylic acids is 1. The Bertz CT molecular complexity index is 851. The predicted octanol–water partition coefficient (Wildman–Crippen LogP) is 2.65. The molecule has 0 amide bonds. The number of fused-ring (bicyclic) bond motifs is 1. The van der Waals surface area contributed by atoms with Gasteiger partial charge in [0.1, 0.15) is 5.65 Å². The second kappa shape index (κ2) is 5.83. The summed E-state index contributed by atoms with van der Waals surface area (Å²) in [6, 6.07) is 12.8. The maximum absolute atomic E-state index is 11.6. The standard InChI is InChI=1S/C17H15N3O2/c18-9-13-6-7-14-12(10-19-16(14)20-13)8-15(17(21)22)11-4-2-1-3-5-11/h1-8,10H,9,18H2,(H,19,20)(H,21,22)/b15-8+. The average molecular weight is 293 g/mol. The van der Waals surface area contributed by atoms with Gasteiger partial charge in [0, 0.05) is 23.7 Å². The Morgan fingerprint density at radius 3 is 2.68 bits per heavy atom. The Labute approximate surface area is 127 Å². The molecule has 0 radical (unpaired) electrons. The molecule has 2 heterocycles. The number of aromatic nitrogens is 2. The van der Waals surface area contributed by atoms with Gasteiger partial charge in [-0.3, -0.25) is 0 Å². The van der Waals surface area contributed by atoms with Crippen LogP contribution >= 0.6 is 0 Å². The smallest absolute Gasteiger partial charge is 0.336 e. The summed E-state index contributed by atoms with van der Waals surface area (Å²) in [5, 5.41) is 10.3. The third-order valence-electron chi connectivity index (χ3n) is 3.45. The highest BCUT2D eigenvalue weighted by Gasteiger charge is 2.12. The van der Waals surface area contributed by atoms with Crippen LogP contribution in [0.4, 0.5) is 0 Å². The molecule has 0 fully saturated rings. The maximum Gasteiger partial charge on any atom is 0.336 e. The molecule has 0 spiro atoms. The lowest BCUT2D eigenvalue weighted by atomic mass is 10.0. The van der Waals surface area contributed by atoms with E-state index in [9.17, 15) is 9.90 Å². The Hall–Kier alpha value is -2.92. The quantitative estimate of drug-likeness (QED) is 0.645. The van der Waals surface area contributed by atoms with Crippen molar-refractivity contribution in [1.82, 2.24) is 9.97 Å². The molecule has 0 aliphatic rings. The van der Waals surface area contributed by atoms with Crippen LogP contribution in [-0.4, -0.2) is 21.0 Å². The minimum Gasteiger partial charge on any atom is -0.478 e. The molecular weight excluding hydrogens is 278 g/mol. The van der Waals surface area contributed by atoms with E-state index < -0.39 is 5.97 Å². The fourth-order valence-electron chi connectivity index (χ4n) is 2.34. The first-order valence-corrected chi connectivity index (χ1v) is 6.86. The summed E-state index contributed by atoms with van der Waals surface area (Å²) in [5.74, 6) is -0.966. The largest absolute Gasteiger partial charge is 0.478 e. The van der Waals surface area contributed by atoms with E-state index in [1.165, 1.54) is 0 Å². The number of hydrogen-bond donors (Lipinski definition) is 3. The van der Waals surface area contributed by atoms with E-state index >= 15 is 0 Å². The summed E-state index contributed by atoms with van der Waals surface area (Å²) in [4.78, 5) is 19.0. The number of carboxylic acids is 1.